The molecule has 7 nitrogen and oxygen atoms in total. The van der Waals surface area contributed by atoms with E-state index in [1.807, 2.05) is 25.3 Å². The highest BCUT2D eigenvalue weighted by atomic mass is 32.2. The SMILES string of the molecule is CCC(C)(C)NC(=O)C(C)Sc1nnc(N2CCOCC2)n1-c1ccc(C)cc1. The number of morpholine rings is 1. The molecule has 1 atom stereocenters. The molecule has 1 aromatic heterocycles. The summed E-state index contributed by atoms with van der Waals surface area (Å²) in [7, 11) is 0. The molecule has 8 heteroatoms. The van der Waals surface area contributed by atoms with Crippen LogP contribution in [0.2, 0.25) is 0 Å². The Hall–Kier alpha value is -2.06. The number of nitrogens with zero attached hydrogens (tertiary/aromatic N) is 4. The Morgan fingerprint density at radius 3 is 2.52 bits per heavy atom. The molecule has 1 saturated heterocycles. The van der Waals surface area contributed by atoms with Gasteiger partial charge in [-0.2, -0.15) is 0 Å². The number of anilines is 1. The number of hydrogen-bond donors (Lipinski definition) is 1. The van der Waals surface area contributed by atoms with Gasteiger partial charge in [0.15, 0.2) is 5.16 Å². The second-order valence-electron chi connectivity index (χ2n) is 8.04. The fourth-order valence-corrected chi connectivity index (χ4v) is 3.82. The number of benzene rings is 1. The molecule has 1 fully saturated rings. The summed E-state index contributed by atoms with van der Waals surface area (Å²) in [6, 6.07) is 8.29. The van der Waals surface area contributed by atoms with Crippen molar-refractivity contribution in [2.45, 2.75) is 57.0 Å². The van der Waals surface area contributed by atoms with E-state index in [4.69, 9.17) is 4.74 Å². The van der Waals surface area contributed by atoms with Crippen molar-refractivity contribution in [3.05, 3.63) is 29.8 Å². The number of nitrogens with one attached hydrogen (secondary N) is 1. The Morgan fingerprint density at radius 1 is 1.24 bits per heavy atom. The molecule has 1 aliphatic heterocycles. The largest absolute Gasteiger partial charge is 0.378 e. The monoisotopic (exact) mass is 417 g/mol. The molecule has 0 spiro atoms. The van der Waals surface area contributed by atoms with Gasteiger partial charge in [0, 0.05) is 18.6 Å². The summed E-state index contributed by atoms with van der Waals surface area (Å²) in [5, 5.41) is 12.5. The summed E-state index contributed by atoms with van der Waals surface area (Å²) in [4.78, 5) is 14.9. The highest BCUT2D eigenvalue weighted by molar-refractivity contribution is 8.00. The van der Waals surface area contributed by atoms with Gasteiger partial charge in [-0.05, 0) is 46.2 Å². The number of aryl methyl sites for hydroxylation is 1. The van der Waals surface area contributed by atoms with Crippen LogP contribution in [0.5, 0.6) is 0 Å². The third-order valence-corrected chi connectivity index (χ3v) is 6.24. The zero-order valence-corrected chi connectivity index (χ0v) is 18.8. The number of hydrogen-bond acceptors (Lipinski definition) is 6. The lowest BCUT2D eigenvalue weighted by Crippen LogP contribution is -2.46. The van der Waals surface area contributed by atoms with Crippen LogP contribution in [-0.4, -0.2) is 57.8 Å². The molecule has 0 saturated carbocycles. The molecule has 0 aliphatic carbocycles. The molecule has 0 radical (unpaired) electrons. The molecular weight excluding hydrogens is 386 g/mol. The first kappa shape index (κ1) is 21.6. The Kier molecular flexibility index (Phi) is 6.85. The lowest BCUT2D eigenvalue weighted by atomic mass is 10.0. The number of carbonyl (C=O) groups is 1. The summed E-state index contributed by atoms with van der Waals surface area (Å²) < 4.78 is 7.53. The molecule has 1 aromatic carbocycles. The van der Waals surface area contributed by atoms with E-state index in [0.29, 0.717) is 18.4 Å². The maximum Gasteiger partial charge on any atom is 0.233 e. The molecule has 2 heterocycles. The van der Waals surface area contributed by atoms with E-state index in [2.05, 4.69) is 58.5 Å². The van der Waals surface area contributed by atoms with Crippen molar-refractivity contribution >= 4 is 23.6 Å². The average molecular weight is 418 g/mol. The lowest BCUT2D eigenvalue weighted by Gasteiger charge is -2.28. The lowest BCUT2D eigenvalue weighted by molar-refractivity contribution is -0.121. The Morgan fingerprint density at radius 2 is 1.90 bits per heavy atom. The quantitative estimate of drug-likeness (QED) is 0.698. The van der Waals surface area contributed by atoms with Crippen LogP contribution in [0, 0.1) is 6.92 Å². The number of rotatable bonds is 7. The van der Waals surface area contributed by atoms with E-state index < -0.39 is 0 Å². The maximum absolute atomic E-state index is 12.7. The molecule has 0 bridgehead atoms. The van der Waals surface area contributed by atoms with Crippen LogP contribution in [0.1, 0.15) is 39.7 Å². The highest BCUT2D eigenvalue weighted by Crippen LogP contribution is 2.30. The third-order valence-electron chi connectivity index (χ3n) is 5.20. The summed E-state index contributed by atoms with van der Waals surface area (Å²) in [6.07, 6.45) is 0.872. The van der Waals surface area contributed by atoms with Crippen molar-refractivity contribution in [2.75, 3.05) is 31.2 Å². The molecule has 29 heavy (non-hydrogen) atoms. The van der Waals surface area contributed by atoms with Gasteiger partial charge in [-0.1, -0.05) is 36.4 Å². The third kappa shape index (κ3) is 5.30. The van der Waals surface area contributed by atoms with Gasteiger partial charge in [-0.25, -0.2) is 0 Å². The minimum atomic E-state index is -0.285. The van der Waals surface area contributed by atoms with Gasteiger partial charge in [0.05, 0.1) is 24.2 Å². The van der Waals surface area contributed by atoms with Crippen LogP contribution in [0.3, 0.4) is 0 Å². The Bertz CT molecular complexity index is 828. The zero-order valence-electron chi connectivity index (χ0n) is 17.9. The summed E-state index contributed by atoms with van der Waals surface area (Å²) >= 11 is 1.43. The van der Waals surface area contributed by atoms with Crippen molar-refractivity contribution in [1.82, 2.24) is 20.1 Å². The fourth-order valence-electron chi connectivity index (χ4n) is 2.96. The van der Waals surface area contributed by atoms with Crippen LogP contribution in [0.4, 0.5) is 5.95 Å². The zero-order chi connectivity index (χ0) is 21.0. The van der Waals surface area contributed by atoms with Gasteiger partial charge < -0.3 is 15.0 Å². The molecule has 158 valence electrons. The second kappa shape index (κ2) is 9.17. The van der Waals surface area contributed by atoms with E-state index in [1.165, 1.54) is 17.3 Å². The van der Waals surface area contributed by atoms with Crippen LogP contribution < -0.4 is 10.2 Å². The van der Waals surface area contributed by atoms with Crippen LogP contribution in [-0.2, 0) is 9.53 Å². The minimum Gasteiger partial charge on any atom is -0.378 e. The first-order valence-electron chi connectivity index (χ1n) is 10.1. The van der Waals surface area contributed by atoms with Gasteiger partial charge in [0.25, 0.3) is 0 Å². The fraction of sp³-hybridized carbons (Fsp3) is 0.571. The topological polar surface area (TPSA) is 72.3 Å². The van der Waals surface area contributed by atoms with Crippen LogP contribution in [0.15, 0.2) is 29.4 Å². The van der Waals surface area contributed by atoms with Crippen molar-refractivity contribution < 1.29 is 9.53 Å². The Balaban J connectivity index is 1.89. The van der Waals surface area contributed by atoms with Gasteiger partial charge in [-0.15, -0.1) is 10.2 Å². The van der Waals surface area contributed by atoms with Crippen LogP contribution >= 0.6 is 11.8 Å². The minimum absolute atomic E-state index is 0.00762. The van der Waals surface area contributed by atoms with E-state index >= 15 is 0 Å². The number of aromatic nitrogens is 3. The van der Waals surface area contributed by atoms with Crippen molar-refractivity contribution in [1.29, 1.82) is 0 Å². The van der Waals surface area contributed by atoms with E-state index in [9.17, 15) is 4.79 Å². The average Bonchev–Trinajstić information content (AvgIpc) is 3.12. The molecule has 3 rings (SSSR count). The molecule has 1 aliphatic rings. The number of ether oxygens (including phenoxy) is 1. The van der Waals surface area contributed by atoms with Crippen molar-refractivity contribution in [2.24, 2.45) is 0 Å². The van der Waals surface area contributed by atoms with E-state index in [1.54, 1.807) is 0 Å². The van der Waals surface area contributed by atoms with E-state index in [0.717, 1.165) is 31.1 Å². The van der Waals surface area contributed by atoms with Gasteiger partial charge in [0.1, 0.15) is 0 Å². The summed E-state index contributed by atoms with van der Waals surface area (Å²) in [6.45, 7) is 13.0. The maximum atomic E-state index is 12.7. The van der Waals surface area contributed by atoms with Gasteiger partial charge in [0.2, 0.25) is 11.9 Å². The predicted octanol–water partition coefficient (Wildman–Crippen LogP) is 3.20. The first-order chi connectivity index (χ1) is 13.8. The highest BCUT2D eigenvalue weighted by Gasteiger charge is 2.27. The summed E-state index contributed by atoms with van der Waals surface area (Å²) in [5.41, 5.74) is 1.96. The molecular formula is C21H31N5O2S. The number of carbonyl (C=O) groups excluding carboxylic acids is 1. The van der Waals surface area contributed by atoms with Gasteiger partial charge >= 0.3 is 0 Å². The Labute approximate surface area is 177 Å². The smallest absolute Gasteiger partial charge is 0.233 e. The summed E-state index contributed by atoms with van der Waals surface area (Å²) in [5.74, 6) is 0.800. The standard InChI is InChI=1S/C21H31N5O2S/c1-6-21(4,5)22-18(27)16(3)29-20-24-23-19(25-11-13-28-14-12-25)26(20)17-9-7-15(2)8-10-17/h7-10,16H,6,11-14H2,1-5H3,(H,22,27). The van der Waals surface area contributed by atoms with Crippen molar-refractivity contribution in [3.63, 3.8) is 0 Å². The molecule has 2 aromatic rings. The number of amides is 1. The second-order valence-corrected chi connectivity index (χ2v) is 9.35. The molecule has 1 amide bonds. The first-order valence-corrected chi connectivity index (χ1v) is 11.0. The molecule has 1 N–H and O–H groups in total. The van der Waals surface area contributed by atoms with Crippen LogP contribution in [0.25, 0.3) is 5.69 Å². The number of thioether (sulfide) groups is 1. The van der Waals surface area contributed by atoms with Crippen molar-refractivity contribution in [3.8, 4) is 5.69 Å². The predicted molar refractivity (Wildman–Crippen MR) is 117 cm³/mol. The van der Waals surface area contributed by atoms with Gasteiger partial charge in [-0.3, -0.25) is 9.36 Å². The van der Waals surface area contributed by atoms with E-state index in [-0.39, 0.29) is 16.7 Å². The molecule has 1 unspecified atom stereocenters. The normalized spacial score (nSPS) is 16.0.